The number of hydrogen-bond donors (Lipinski definition) is 1. The maximum absolute atomic E-state index is 12.6. The number of aromatic nitrogens is 4. The Morgan fingerprint density at radius 3 is 2.50 bits per heavy atom. The third-order valence-corrected chi connectivity index (χ3v) is 5.46. The summed E-state index contributed by atoms with van der Waals surface area (Å²) in [5.41, 5.74) is 4.27. The van der Waals surface area contributed by atoms with Gasteiger partial charge in [0, 0.05) is 0 Å². The maximum atomic E-state index is 12.6. The van der Waals surface area contributed by atoms with Crippen LogP contribution in [0.5, 0.6) is 0 Å². The topological polar surface area (TPSA) is 72.7 Å². The third-order valence-electron chi connectivity index (χ3n) is 4.54. The molecule has 0 bridgehead atoms. The predicted molar refractivity (Wildman–Crippen MR) is 112 cm³/mol. The summed E-state index contributed by atoms with van der Waals surface area (Å²) in [6, 6.07) is 16.2. The highest BCUT2D eigenvalue weighted by Crippen LogP contribution is 2.24. The standard InChI is InChI=1S/C21H25N5OS/c1-4-9-18(17-12-6-5-7-13-17)22-19(27)14-28-21-23-24-25-26(21)20-15(2)10-8-11-16(20)3/h5-8,10-13,18H,4,9,14H2,1-3H3,(H,22,27)/t18-/m0/s1. The van der Waals surface area contributed by atoms with E-state index < -0.39 is 0 Å². The summed E-state index contributed by atoms with van der Waals surface area (Å²) in [4.78, 5) is 12.6. The van der Waals surface area contributed by atoms with Crippen LogP contribution >= 0.6 is 11.8 Å². The summed E-state index contributed by atoms with van der Waals surface area (Å²) in [6.07, 6.45) is 1.90. The molecule has 0 aliphatic heterocycles. The molecular formula is C21H25N5OS. The van der Waals surface area contributed by atoms with Gasteiger partial charge in [0.05, 0.1) is 17.5 Å². The molecule has 0 aliphatic carbocycles. The first-order chi connectivity index (χ1) is 13.6. The first kappa shape index (κ1) is 20.1. The van der Waals surface area contributed by atoms with Gasteiger partial charge in [0.2, 0.25) is 11.1 Å². The van der Waals surface area contributed by atoms with Gasteiger partial charge in [0.1, 0.15) is 0 Å². The fraction of sp³-hybridized carbons (Fsp3) is 0.333. The molecule has 1 heterocycles. The van der Waals surface area contributed by atoms with Crippen molar-refractivity contribution in [2.24, 2.45) is 0 Å². The first-order valence-electron chi connectivity index (χ1n) is 9.42. The zero-order valence-electron chi connectivity index (χ0n) is 16.4. The number of benzene rings is 2. The van der Waals surface area contributed by atoms with Crippen LogP contribution in [-0.4, -0.2) is 31.9 Å². The molecule has 146 valence electrons. The summed E-state index contributed by atoms with van der Waals surface area (Å²) in [6.45, 7) is 6.18. The number of amides is 1. The summed E-state index contributed by atoms with van der Waals surface area (Å²) < 4.78 is 1.71. The number of nitrogens with one attached hydrogen (secondary N) is 1. The van der Waals surface area contributed by atoms with Crippen molar-refractivity contribution in [3.8, 4) is 5.69 Å². The summed E-state index contributed by atoms with van der Waals surface area (Å²) in [5, 5.41) is 15.8. The van der Waals surface area contributed by atoms with Crippen LogP contribution in [-0.2, 0) is 4.79 Å². The quantitative estimate of drug-likeness (QED) is 0.583. The largest absolute Gasteiger partial charge is 0.349 e. The lowest BCUT2D eigenvalue weighted by Crippen LogP contribution is -2.30. The molecule has 0 aliphatic rings. The molecule has 1 amide bonds. The van der Waals surface area contributed by atoms with Crippen molar-refractivity contribution in [1.29, 1.82) is 0 Å². The summed E-state index contributed by atoms with van der Waals surface area (Å²) >= 11 is 1.34. The number of thioether (sulfide) groups is 1. The van der Waals surface area contributed by atoms with Crippen molar-refractivity contribution in [1.82, 2.24) is 25.5 Å². The number of rotatable bonds is 8. The van der Waals surface area contributed by atoms with Crippen LogP contribution < -0.4 is 5.32 Å². The molecule has 0 saturated heterocycles. The highest BCUT2D eigenvalue weighted by Gasteiger charge is 2.17. The Morgan fingerprint density at radius 2 is 1.82 bits per heavy atom. The van der Waals surface area contributed by atoms with E-state index >= 15 is 0 Å². The smallest absolute Gasteiger partial charge is 0.230 e. The summed E-state index contributed by atoms with van der Waals surface area (Å²) in [5.74, 6) is 0.238. The molecule has 3 rings (SSSR count). The van der Waals surface area contributed by atoms with E-state index in [0.29, 0.717) is 5.16 Å². The van der Waals surface area contributed by atoms with E-state index in [1.807, 2.05) is 50.2 Å². The van der Waals surface area contributed by atoms with Gasteiger partial charge in [-0.05, 0) is 47.4 Å². The lowest BCUT2D eigenvalue weighted by Gasteiger charge is -2.18. The van der Waals surface area contributed by atoms with Crippen LogP contribution in [0.4, 0.5) is 0 Å². The van der Waals surface area contributed by atoms with Crippen molar-refractivity contribution < 1.29 is 4.79 Å². The molecular weight excluding hydrogens is 370 g/mol. The Bertz CT molecular complexity index is 905. The Labute approximate surface area is 169 Å². The van der Waals surface area contributed by atoms with E-state index in [2.05, 4.69) is 39.9 Å². The molecule has 28 heavy (non-hydrogen) atoms. The molecule has 3 aromatic rings. The first-order valence-corrected chi connectivity index (χ1v) is 10.4. The van der Waals surface area contributed by atoms with Gasteiger partial charge in [-0.3, -0.25) is 4.79 Å². The minimum absolute atomic E-state index is 0.0221. The van der Waals surface area contributed by atoms with Crippen molar-refractivity contribution in [3.05, 3.63) is 65.2 Å². The molecule has 0 fully saturated rings. The van der Waals surface area contributed by atoms with Crippen LogP contribution in [0, 0.1) is 13.8 Å². The molecule has 1 aromatic heterocycles. The Morgan fingerprint density at radius 1 is 1.11 bits per heavy atom. The van der Waals surface area contributed by atoms with Gasteiger partial charge >= 0.3 is 0 Å². The average Bonchev–Trinajstić information content (AvgIpc) is 3.15. The van der Waals surface area contributed by atoms with Crippen LogP contribution in [0.25, 0.3) is 5.69 Å². The number of carbonyl (C=O) groups is 1. The molecule has 2 aromatic carbocycles. The highest BCUT2D eigenvalue weighted by atomic mass is 32.2. The molecule has 1 atom stereocenters. The molecule has 0 unspecified atom stereocenters. The van der Waals surface area contributed by atoms with Gasteiger partial charge in [0.15, 0.2) is 0 Å². The van der Waals surface area contributed by atoms with Gasteiger partial charge in [-0.1, -0.05) is 73.6 Å². The zero-order valence-corrected chi connectivity index (χ0v) is 17.2. The minimum Gasteiger partial charge on any atom is -0.349 e. The number of nitrogens with zero attached hydrogens (tertiary/aromatic N) is 4. The van der Waals surface area contributed by atoms with Crippen molar-refractivity contribution in [2.75, 3.05) is 5.75 Å². The Kier molecular flexibility index (Phi) is 6.81. The van der Waals surface area contributed by atoms with Gasteiger partial charge in [-0.15, -0.1) is 5.10 Å². The van der Waals surface area contributed by atoms with E-state index in [0.717, 1.165) is 35.2 Å². The second kappa shape index (κ2) is 9.50. The van der Waals surface area contributed by atoms with E-state index in [1.54, 1.807) is 4.68 Å². The van der Waals surface area contributed by atoms with E-state index in [1.165, 1.54) is 11.8 Å². The monoisotopic (exact) mass is 395 g/mol. The van der Waals surface area contributed by atoms with E-state index in [9.17, 15) is 4.79 Å². The number of para-hydroxylation sites is 1. The van der Waals surface area contributed by atoms with Crippen LogP contribution in [0.15, 0.2) is 53.7 Å². The molecule has 6 nitrogen and oxygen atoms in total. The number of hydrogen-bond acceptors (Lipinski definition) is 5. The van der Waals surface area contributed by atoms with Gasteiger partial charge in [-0.2, -0.15) is 4.68 Å². The number of aryl methyl sites for hydroxylation is 2. The van der Waals surface area contributed by atoms with Crippen LogP contribution in [0.1, 0.15) is 42.5 Å². The zero-order chi connectivity index (χ0) is 19.9. The van der Waals surface area contributed by atoms with Crippen LogP contribution in [0.3, 0.4) is 0 Å². The molecule has 7 heteroatoms. The summed E-state index contributed by atoms with van der Waals surface area (Å²) in [7, 11) is 0. The van der Waals surface area contributed by atoms with E-state index in [4.69, 9.17) is 0 Å². The van der Waals surface area contributed by atoms with Gasteiger partial charge in [-0.25, -0.2) is 0 Å². The normalized spacial score (nSPS) is 12.0. The van der Waals surface area contributed by atoms with Gasteiger partial charge in [0.25, 0.3) is 0 Å². The Hall–Kier alpha value is -2.67. The third kappa shape index (κ3) is 4.78. The van der Waals surface area contributed by atoms with Crippen molar-refractivity contribution in [3.63, 3.8) is 0 Å². The molecule has 0 spiro atoms. The van der Waals surface area contributed by atoms with Crippen molar-refractivity contribution in [2.45, 2.75) is 44.8 Å². The minimum atomic E-state index is -0.0247. The Balaban J connectivity index is 1.68. The SMILES string of the molecule is CCC[C@H](NC(=O)CSc1nnnn1-c1c(C)cccc1C)c1ccccc1. The lowest BCUT2D eigenvalue weighted by atomic mass is 10.0. The number of tetrazole rings is 1. The fourth-order valence-corrected chi connectivity index (χ4v) is 3.90. The van der Waals surface area contributed by atoms with Gasteiger partial charge < -0.3 is 5.32 Å². The van der Waals surface area contributed by atoms with Crippen molar-refractivity contribution >= 4 is 17.7 Å². The predicted octanol–water partition coefficient (Wildman–Crippen LogP) is 4.03. The molecule has 0 saturated carbocycles. The second-order valence-electron chi connectivity index (χ2n) is 6.72. The fourth-order valence-electron chi connectivity index (χ4n) is 3.21. The number of carbonyl (C=O) groups excluding carboxylic acids is 1. The highest BCUT2D eigenvalue weighted by molar-refractivity contribution is 7.99. The second-order valence-corrected chi connectivity index (χ2v) is 7.66. The van der Waals surface area contributed by atoms with E-state index in [-0.39, 0.29) is 17.7 Å². The van der Waals surface area contributed by atoms with Crippen LogP contribution in [0.2, 0.25) is 0 Å². The maximum Gasteiger partial charge on any atom is 0.230 e. The average molecular weight is 396 g/mol. The molecule has 0 radical (unpaired) electrons. The molecule has 1 N–H and O–H groups in total. The lowest BCUT2D eigenvalue weighted by molar-refractivity contribution is -0.119.